The number of esters is 1. The molecule has 0 aliphatic heterocycles. The Balaban J connectivity index is 2.26. The van der Waals surface area contributed by atoms with E-state index in [4.69, 9.17) is 9.15 Å². The largest absolute Gasteiger partial charge is 0.467 e. The molecule has 0 saturated heterocycles. The van der Waals surface area contributed by atoms with Crippen LogP contribution in [0, 0.1) is 0 Å². The smallest absolute Gasteiger partial charge is 0.360 e. The van der Waals surface area contributed by atoms with Crippen LogP contribution in [0.5, 0.6) is 0 Å². The molecule has 0 unspecified atom stereocenters. The molecule has 0 atom stereocenters. The van der Waals surface area contributed by atoms with E-state index in [1.807, 2.05) is 6.07 Å². The summed E-state index contributed by atoms with van der Waals surface area (Å²) in [5.41, 5.74) is 0.885. The van der Waals surface area contributed by atoms with Gasteiger partial charge in [-0.3, -0.25) is 0 Å². The van der Waals surface area contributed by atoms with Gasteiger partial charge in [-0.05, 0) is 12.1 Å². The maximum atomic E-state index is 11.6. The molecule has 2 rings (SSSR count). The molecular formula is C12H15N3O4. The van der Waals surface area contributed by atoms with Crippen molar-refractivity contribution in [3.63, 3.8) is 0 Å². The average Bonchev–Trinajstić information content (AvgIpc) is 3.06. The molecule has 0 aromatic carbocycles. The van der Waals surface area contributed by atoms with Crippen LogP contribution in [0.25, 0.3) is 0 Å². The second kappa shape index (κ2) is 6.14. The van der Waals surface area contributed by atoms with E-state index in [-0.39, 0.29) is 5.69 Å². The van der Waals surface area contributed by atoms with Crippen LogP contribution in [-0.2, 0) is 22.4 Å². The SMILES string of the molecule is COCCc1c(C(=O)OC)nnn1Cc1ccco1. The van der Waals surface area contributed by atoms with Crippen LogP contribution in [0.4, 0.5) is 0 Å². The van der Waals surface area contributed by atoms with Gasteiger partial charge in [-0.25, -0.2) is 9.48 Å². The van der Waals surface area contributed by atoms with E-state index in [2.05, 4.69) is 15.0 Å². The van der Waals surface area contributed by atoms with Gasteiger partial charge in [-0.2, -0.15) is 0 Å². The van der Waals surface area contributed by atoms with Gasteiger partial charge < -0.3 is 13.9 Å². The van der Waals surface area contributed by atoms with E-state index in [9.17, 15) is 4.79 Å². The Bertz CT molecular complexity index is 533. The molecule has 19 heavy (non-hydrogen) atoms. The van der Waals surface area contributed by atoms with Gasteiger partial charge in [0.05, 0.1) is 25.7 Å². The number of carbonyl (C=O) groups is 1. The quantitative estimate of drug-likeness (QED) is 0.722. The zero-order chi connectivity index (χ0) is 13.7. The normalized spacial score (nSPS) is 10.6. The van der Waals surface area contributed by atoms with Gasteiger partial charge in [-0.1, -0.05) is 5.21 Å². The minimum Gasteiger partial charge on any atom is -0.467 e. The van der Waals surface area contributed by atoms with Crippen molar-refractivity contribution in [2.75, 3.05) is 20.8 Å². The van der Waals surface area contributed by atoms with Crippen LogP contribution in [0.15, 0.2) is 22.8 Å². The molecule has 2 aromatic heterocycles. The molecule has 2 aromatic rings. The highest BCUT2D eigenvalue weighted by atomic mass is 16.5. The summed E-state index contributed by atoms with van der Waals surface area (Å²) >= 11 is 0. The summed E-state index contributed by atoms with van der Waals surface area (Å²) < 4.78 is 16.6. The van der Waals surface area contributed by atoms with Crippen molar-refractivity contribution in [2.24, 2.45) is 0 Å². The monoisotopic (exact) mass is 265 g/mol. The molecule has 7 nitrogen and oxygen atoms in total. The number of methoxy groups -OCH3 is 2. The van der Waals surface area contributed by atoms with Gasteiger partial charge >= 0.3 is 5.97 Å². The summed E-state index contributed by atoms with van der Waals surface area (Å²) in [4.78, 5) is 11.6. The Morgan fingerprint density at radius 2 is 2.32 bits per heavy atom. The first-order valence-corrected chi connectivity index (χ1v) is 5.78. The Morgan fingerprint density at radius 1 is 1.47 bits per heavy atom. The van der Waals surface area contributed by atoms with Crippen LogP contribution in [0.1, 0.15) is 21.9 Å². The average molecular weight is 265 g/mol. The first-order chi connectivity index (χ1) is 9.26. The number of ether oxygens (including phenoxy) is 2. The maximum Gasteiger partial charge on any atom is 0.360 e. The van der Waals surface area contributed by atoms with Crippen molar-refractivity contribution in [1.29, 1.82) is 0 Å². The zero-order valence-corrected chi connectivity index (χ0v) is 10.8. The Kier molecular flexibility index (Phi) is 4.30. The van der Waals surface area contributed by atoms with E-state index >= 15 is 0 Å². The lowest BCUT2D eigenvalue weighted by Crippen LogP contribution is -2.12. The van der Waals surface area contributed by atoms with Crippen molar-refractivity contribution in [3.05, 3.63) is 35.5 Å². The van der Waals surface area contributed by atoms with Crippen molar-refractivity contribution in [3.8, 4) is 0 Å². The van der Waals surface area contributed by atoms with Gasteiger partial charge in [0.25, 0.3) is 0 Å². The van der Waals surface area contributed by atoms with E-state index in [0.717, 1.165) is 5.76 Å². The van der Waals surface area contributed by atoms with Gasteiger partial charge in [0.2, 0.25) is 0 Å². The maximum absolute atomic E-state index is 11.6. The van der Waals surface area contributed by atoms with E-state index in [0.29, 0.717) is 25.3 Å². The van der Waals surface area contributed by atoms with Gasteiger partial charge in [0, 0.05) is 13.5 Å². The lowest BCUT2D eigenvalue weighted by atomic mass is 10.2. The molecule has 102 valence electrons. The third kappa shape index (κ3) is 3.00. The fourth-order valence-electron chi connectivity index (χ4n) is 1.71. The molecule has 2 heterocycles. The van der Waals surface area contributed by atoms with Crippen LogP contribution in [-0.4, -0.2) is 41.8 Å². The number of furan rings is 1. The lowest BCUT2D eigenvalue weighted by Gasteiger charge is -2.05. The van der Waals surface area contributed by atoms with Gasteiger partial charge in [-0.15, -0.1) is 5.10 Å². The van der Waals surface area contributed by atoms with Crippen molar-refractivity contribution < 1.29 is 18.7 Å². The summed E-state index contributed by atoms with van der Waals surface area (Å²) in [6.07, 6.45) is 2.11. The first kappa shape index (κ1) is 13.3. The van der Waals surface area contributed by atoms with Gasteiger partial charge in [0.15, 0.2) is 5.69 Å². The zero-order valence-electron chi connectivity index (χ0n) is 10.8. The molecule has 0 radical (unpaired) electrons. The molecule has 0 fully saturated rings. The van der Waals surface area contributed by atoms with Crippen molar-refractivity contribution in [1.82, 2.24) is 15.0 Å². The second-order valence-electron chi connectivity index (χ2n) is 3.86. The number of hydrogen-bond acceptors (Lipinski definition) is 6. The van der Waals surface area contributed by atoms with E-state index < -0.39 is 5.97 Å². The molecule has 0 saturated carbocycles. The third-order valence-electron chi connectivity index (χ3n) is 2.65. The predicted octanol–water partition coefficient (Wildman–Crippen LogP) is 0.895. The Labute approximate surface area is 110 Å². The van der Waals surface area contributed by atoms with Crippen LogP contribution < -0.4 is 0 Å². The molecule has 0 aliphatic carbocycles. The highest BCUT2D eigenvalue weighted by molar-refractivity contribution is 5.88. The minimum absolute atomic E-state index is 0.214. The van der Waals surface area contributed by atoms with Crippen molar-refractivity contribution >= 4 is 5.97 Å². The van der Waals surface area contributed by atoms with Crippen LogP contribution in [0.3, 0.4) is 0 Å². The second-order valence-corrected chi connectivity index (χ2v) is 3.86. The number of rotatable bonds is 6. The molecule has 0 spiro atoms. The highest BCUT2D eigenvalue weighted by Crippen LogP contribution is 2.11. The molecule has 0 aliphatic rings. The summed E-state index contributed by atoms with van der Waals surface area (Å²) in [6.45, 7) is 0.881. The third-order valence-corrected chi connectivity index (χ3v) is 2.65. The first-order valence-electron chi connectivity index (χ1n) is 5.78. The Morgan fingerprint density at radius 3 is 2.95 bits per heavy atom. The number of aromatic nitrogens is 3. The van der Waals surface area contributed by atoms with Crippen LogP contribution in [0.2, 0.25) is 0 Å². The van der Waals surface area contributed by atoms with E-state index in [1.165, 1.54) is 7.11 Å². The van der Waals surface area contributed by atoms with Crippen LogP contribution >= 0.6 is 0 Å². The highest BCUT2D eigenvalue weighted by Gasteiger charge is 2.20. The molecule has 7 heteroatoms. The predicted molar refractivity (Wildman–Crippen MR) is 64.8 cm³/mol. The lowest BCUT2D eigenvalue weighted by molar-refractivity contribution is 0.0592. The number of hydrogen-bond donors (Lipinski definition) is 0. The topological polar surface area (TPSA) is 79.4 Å². The summed E-state index contributed by atoms with van der Waals surface area (Å²) in [6, 6.07) is 3.63. The number of carbonyl (C=O) groups excluding carboxylic acids is 1. The summed E-state index contributed by atoms with van der Waals surface area (Å²) in [5.74, 6) is 0.233. The summed E-state index contributed by atoms with van der Waals surface area (Å²) in [7, 11) is 2.91. The number of nitrogens with zero attached hydrogens (tertiary/aromatic N) is 3. The Hall–Kier alpha value is -2.15. The standard InChI is InChI=1S/C12H15N3O4/c1-17-7-5-10-11(12(16)18-2)13-14-15(10)8-9-4-3-6-19-9/h3-4,6H,5,7-8H2,1-2H3. The minimum atomic E-state index is -0.503. The van der Waals surface area contributed by atoms with Crippen molar-refractivity contribution in [2.45, 2.75) is 13.0 Å². The molecule has 0 N–H and O–H groups in total. The van der Waals surface area contributed by atoms with Gasteiger partial charge in [0.1, 0.15) is 12.3 Å². The molecule has 0 amide bonds. The molecular weight excluding hydrogens is 250 g/mol. The summed E-state index contributed by atoms with van der Waals surface area (Å²) in [5, 5.41) is 7.82. The fourth-order valence-corrected chi connectivity index (χ4v) is 1.71. The molecule has 0 bridgehead atoms. The fraction of sp³-hybridized carbons (Fsp3) is 0.417. The van der Waals surface area contributed by atoms with E-state index in [1.54, 1.807) is 24.1 Å².